The maximum Gasteiger partial charge on any atom is 0.251 e. The van der Waals surface area contributed by atoms with Gasteiger partial charge in [0.25, 0.3) is 5.56 Å². The smallest absolute Gasteiger partial charge is 0.251 e. The van der Waals surface area contributed by atoms with Crippen molar-refractivity contribution >= 4 is 11.6 Å². The molecule has 2 rings (SSSR count). The number of hydrogen-bond donors (Lipinski definition) is 1. The van der Waals surface area contributed by atoms with Gasteiger partial charge in [-0.2, -0.15) is 0 Å². The Hall–Kier alpha value is -2.43. The molecular formula is C16H17FN2O2. The van der Waals surface area contributed by atoms with Crippen molar-refractivity contribution in [2.45, 2.75) is 26.3 Å². The summed E-state index contributed by atoms with van der Waals surface area (Å²) in [5.74, 6) is -0.510. The second-order valence-electron chi connectivity index (χ2n) is 5.14. The number of nitrogens with zero attached hydrogens (tertiary/aromatic N) is 1. The fourth-order valence-corrected chi connectivity index (χ4v) is 1.93. The van der Waals surface area contributed by atoms with E-state index in [1.54, 1.807) is 0 Å². The number of carbonyl (C=O) groups excluding carboxylic acids is 1. The molecule has 0 aliphatic rings. The largest absolute Gasteiger partial charge is 0.325 e. The Balaban J connectivity index is 2.04. The van der Waals surface area contributed by atoms with Crippen LogP contribution in [0, 0.1) is 5.82 Å². The number of rotatable bonds is 4. The quantitative estimate of drug-likeness (QED) is 0.940. The van der Waals surface area contributed by atoms with E-state index in [1.165, 1.54) is 5.56 Å². The van der Waals surface area contributed by atoms with E-state index in [9.17, 15) is 14.0 Å². The van der Waals surface area contributed by atoms with Crippen LogP contribution in [0.2, 0.25) is 0 Å². The van der Waals surface area contributed by atoms with Gasteiger partial charge in [-0.3, -0.25) is 9.59 Å². The second kappa shape index (κ2) is 6.35. The number of amides is 1. The van der Waals surface area contributed by atoms with E-state index in [-0.39, 0.29) is 12.5 Å². The molecule has 0 bridgehead atoms. The molecular weight excluding hydrogens is 271 g/mol. The number of nitrogens with one attached hydrogen (secondary N) is 1. The maximum absolute atomic E-state index is 13.1. The minimum Gasteiger partial charge on any atom is -0.325 e. The van der Waals surface area contributed by atoms with Gasteiger partial charge in [-0.05, 0) is 29.7 Å². The first-order valence-corrected chi connectivity index (χ1v) is 6.71. The molecule has 0 atom stereocenters. The number of aromatic nitrogens is 1. The van der Waals surface area contributed by atoms with E-state index in [0.29, 0.717) is 11.6 Å². The Morgan fingerprint density at radius 2 is 1.86 bits per heavy atom. The lowest BCUT2D eigenvalue weighted by atomic mass is 10.0. The van der Waals surface area contributed by atoms with Crippen molar-refractivity contribution < 1.29 is 9.18 Å². The van der Waals surface area contributed by atoms with E-state index in [2.05, 4.69) is 19.2 Å². The molecule has 0 radical (unpaired) electrons. The van der Waals surface area contributed by atoms with Gasteiger partial charge in [0.2, 0.25) is 5.91 Å². The number of halogens is 1. The van der Waals surface area contributed by atoms with Gasteiger partial charge >= 0.3 is 0 Å². The fourth-order valence-electron chi connectivity index (χ4n) is 1.93. The molecule has 1 N–H and O–H groups in total. The molecule has 0 unspecified atom stereocenters. The number of hydrogen-bond acceptors (Lipinski definition) is 2. The summed E-state index contributed by atoms with van der Waals surface area (Å²) in [5, 5.41) is 2.68. The Labute approximate surface area is 122 Å². The molecule has 110 valence electrons. The highest BCUT2D eigenvalue weighted by atomic mass is 19.1. The van der Waals surface area contributed by atoms with Gasteiger partial charge in [0.1, 0.15) is 12.4 Å². The van der Waals surface area contributed by atoms with Crippen molar-refractivity contribution in [2.75, 3.05) is 5.32 Å². The van der Waals surface area contributed by atoms with Gasteiger partial charge in [-0.1, -0.05) is 26.0 Å². The van der Waals surface area contributed by atoms with Crippen molar-refractivity contribution in [3.05, 3.63) is 64.3 Å². The van der Waals surface area contributed by atoms with Crippen molar-refractivity contribution in [3.8, 4) is 0 Å². The first-order valence-electron chi connectivity index (χ1n) is 6.71. The summed E-state index contributed by atoms with van der Waals surface area (Å²) in [6.07, 6.45) is 1.02. The fraction of sp³-hybridized carbons (Fsp3) is 0.250. The van der Waals surface area contributed by atoms with Gasteiger partial charge in [0.15, 0.2) is 0 Å². The molecule has 0 saturated carbocycles. The maximum atomic E-state index is 13.1. The van der Waals surface area contributed by atoms with Gasteiger partial charge < -0.3 is 9.88 Å². The van der Waals surface area contributed by atoms with Crippen molar-refractivity contribution in [2.24, 2.45) is 0 Å². The Kier molecular flexibility index (Phi) is 4.52. The number of pyridine rings is 1. The van der Waals surface area contributed by atoms with Crippen molar-refractivity contribution in [1.29, 1.82) is 0 Å². The zero-order valence-electron chi connectivity index (χ0n) is 12.0. The van der Waals surface area contributed by atoms with Gasteiger partial charge in [-0.25, -0.2) is 4.39 Å². The first kappa shape index (κ1) is 15.0. The molecule has 21 heavy (non-hydrogen) atoms. The summed E-state index contributed by atoms with van der Waals surface area (Å²) in [7, 11) is 0. The predicted octanol–water partition coefficient (Wildman–Crippen LogP) is 2.75. The highest BCUT2D eigenvalue weighted by Gasteiger charge is 2.06. The van der Waals surface area contributed by atoms with Crippen molar-refractivity contribution in [1.82, 2.24) is 4.57 Å². The topological polar surface area (TPSA) is 51.1 Å². The zero-order chi connectivity index (χ0) is 15.4. The molecule has 1 aromatic carbocycles. The Bertz CT molecular complexity index is 690. The molecule has 2 aromatic rings. The van der Waals surface area contributed by atoms with E-state index < -0.39 is 11.4 Å². The Morgan fingerprint density at radius 3 is 2.48 bits per heavy atom. The van der Waals surface area contributed by atoms with Crippen LogP contribution in [0.4, 0.5) is 10.1 Å². The molecule has 0 spiro atoms. The van der Waals surface area contributed by atoms with Gasteiger partial charge in [0, 0.05) is 18.0 Å². The van der Waals surface area contributed by atoms with E-state index in [1.807, 2.05) is 24.3 Å². The summed E-state index contributed by atoms with van der Waals surface area (Å²) in [5.41, 5.74) is 1.41. The minimum atomic E-state index is -0.552. The van der Waals surface area contributed by atoms with E-state index >= 15 is 0 Å². The third-order valence-electron chi connectivity index (χ3n) is 3.12. The molecule has 4 nitrogen and oxygen atoms in total. The lowest BCUT2D eigenvalue weighted by Crippen LogP contribution is -2.27. The van der Waals surface area contributed by atoms with Crippen molar-refractivity contribution in [3.63, 3.8) is 0 Å². The van der Waals surface area contributed by atoms with E-state index in [4.69, 9.17) is 0 Å². The normalized spacial score (nSPS) is 10.7. The average Bonchev–Trinajstić information content (AvgIpc) is 2.43. The summed E-state index contributed by atoms with van der Waals surface area (Å²) in [4.78, 5) is 23.4. The zero-order valence-corrected chi connectivity index (χ0v) is 12.0. The molecule has 5 heteroatoms. The number of anilines is 1. The lowest BCUT2D eigenvalue weighted by molar-refractivity contribution is -0.116. The SMILES string of the molecule is CC(C)c1ccc(NC(=O)Cn2cc(F)ccc2=O)cc1. The number of carbonyl (C=O) groups is 1. The first-order chi connectivity index (χ1) is 9.95. The van der Waals surface area contributed by atoms with Crippen LogP contribution in [0.1, 0.15) is 25.3 Å². The van der Waals surface area contributed by atoms with Crippen LogP contribution in [0.15, 0.2) is 47.4 Å². The molecule has 1 heterocycles. The predicted molar refractivity (Wildman–Crippen MR) is 79.8 cm³/mol. The van der Waals surface area contributed by atoms with Crippen LogP contribution in [0.3, 0.4) is 0 Å². The van der Waals surface area contributed by atoms with Crippen LogP contribution >= 0.6 is 0 Å². The minimum absolute atomic E-state index is 0.220. The average molecular weight is 288 g/mol. The summed E-state index contributed by atoms with van der Waals surface area (Å²) in [6.45, 7) is 3.95. The summed E-state index contributed by atoms with van der Waals surface area (Å²) in [6, 6.07) is 9.66. The van der Waals surface area contributed by atoms with Crippen LogP contribution in [0.5, 0.6) is 0 Å². The van der Waals surface area contributed by atoms with Crippen LogP contribution < -0.4 is 10.9 Å². The monoisotopic (exact) mass is 288 g/mol. The highest BCUT2D eigenvalue weighted by molar-refractivity contribution is 5.90. The summed E-state index contributed by atoms with van der Waals surface area (Å²) >= 11 is 0. The van der Waals surface area contributed by atoms with Gasteiger partial charge in [0.05, 0.1) is 0 Å². The molecule has 1 amide bonds. The molecule has 0 aliphatic carbocycles. The standard InChI is InChI=1S/C16H17FN2O2/c1-11(2)12-3-6-14(7-4-12)18-15(20)10-19-9-13(17)5-8-16(19)21/h3-9,11H,10H2,1-2H3,(H,18,20). The third-order valence-corrected chi connectivity index (χ3v) is 3.12. The Morgan fingerprint density at radius 1 is 1.19 bits per heavy atom. The molecule has 1 aromatic heterocycles. The molecule has 0 saturated heterocycles. The van der Waals surface area contributed by atoms with E-state index in [0.717, 1.165) is 22.9 Å². The van der Waals surface area contributed by atoms with Crippen LogP contribution in [-0.2, 0) is 11.3 Å². The van der Waals surface area contributed by atoms with Gasteiger partial charge in [-0.15, -0.1) is 0 Å². The number of benzene rings is 1. The molecule has 0 fully saturated rings. The van der Waals surface area contributed by atoms with Crippen LogP contribution in [0.25, 0.3) is 0 Å². The lowest BCUT2D eigenvalue weighted by Gasteiger charge is -2.09. The summed E-state index contributed by atoms with van der Waals surface area (Å²) < 4.78 is 14.1. The molecule has 0 aliphatic heterocycles. The van der Waals surface area contributed by atoms with Crippen LogP contribution in [-0.4, -0.2) is 10.5 Å². The second-order valence-corrected chi connectivity index (χ2v) is 5.14. The third kappa shape index (κ3) is 4.02. The highest BCUT2D eigenvalue weighted by Crippen LogP contribution is 2.17.